The number of aryl methyl sites for hydroxylation is 1. The van der Waals surface area contributed by atoms with Gasteiger partial charge >= 0.3 is 0 Å². The molecule has 300 valence electrons. The molecule has 4 fully saturated rings. The Morgan fingerprint density at radius 3 is 1.48 bits per heavy atom. The third-order valence-corrected chi connectivity index (χ3v) is 15.9. The molecule has 1 aromatic heterocycles. The summed E-state index contributed by atoms with van der Waals surface area (Å²) in [5.74, 6) is 5.23. The molecule has 3 nitrogen and oxygen atoms in total. The zero-order valence-corrected chi connectivity index (χ0v) is 35.7. The summed E-state index contributed by atoms with van der Waals surface area (Å²) in [6.45, 7) is 7.00. The van der Waals surface area contributed by atoms with Crippen LogP contribution in [0.2, 0.25) is 0 Å². The summed E-state index contributed by atoms with van der Waals surface area (Å²) < 4.78 is 0. The number of nitrogens with zero attached hydrogens (tertiary/aromatic N) is 3. The molecule has 62 heavy (non-hydrogen) atoms. The Morgan fingerprint density at radius 2 is 0.871 bits per heavy atom. The van der Waals surface area contributed by atoms with Crippen molar-refractivity contribution >= 4 is 0 Å². The number of hydrogen-bond donors (Lipinski definition) is 0. The summed E-state index contributed by atoms with van der Waals surface area (Å²) in [4.78, 5) is 15.6. The third-order valence-electron chi connectivity index (χ3n) is 15.9. The van der Waals surface area contributed by atoms with Gasteiger partial charge in [-0.2, -0.15) is 0 Å². The van der Waals surface area contributed by atoms with Crippen molar-refractivity contribution in [2.75, 3.05) is 0 Å². The average Bonchev–Trinajstić information content (AvgIpc) is 3.72. The van der Waals surface area contributed by atoms with Gasteiger partial charge in [-0.15, -0.1) is 0 Å². The SMILES string of the molecule is Cc1ccc2c(c1)-c1ccc(-c3cc(-c4ccc5c(c4)C(C)(C)c4ccccc4-5)cc(-c4nc(-c5ccccc5)nc(-c5ccccc5)n4)c3)cc1C21C2CC3CC(C2)CC1C3. The molecule has 4 bridgehead atoms. The summed E-state index contributed by atoms with van der Waals surface area (Å²) in [6.07, 6.45) is 6.93. The third kappa shape index (κ3) is 5.27. The van der Waals surface area contributed by atoms with Crippen LogP contribution in [0.4, 0.5) is 0 Å². The van der Waals surface area contributed by atoms with Gasteiger partial charge in [-0.25, -0.2) is 15.0 Å². The molecule has 0 aliphatic heterocycles. The maximum Gasteiger partial charge on any atom is 0.164 e. The molecule has 1 heterocycles. The van der Waals surface area contributed by atoms with Gasteiger partial charge in [0.05, 0.1) is 0 Å². The number of aromatic nitrogens is 3. The molecule has 0 amide bonds. The molecule has 3 heteroatoms. The Kier molecular flexibility index (Phi) is 7.76. The summed E-state index contributed by atoms with van der Waals surface area (Å²) in [5.41, 5.74) is 20.6. The van der Waals surface area contributed by atoms with Crippen LogP contribution in [0, 0.1) is 30.6 Å². The molecule has 1 spiro atoms. The van der Waals surface area contributed by atoms with Crippen molar-refractivity contribution in [2.45, 2.75) is 63.7 Å². The van der Waals surface area contributed by atoms with Crippen molar-refractivity contribution in [1.29, 1.82) is 0 Å². The predicted molar refractivity (Wildman–Crippen MR) is 253 cm³/mol. The van der Waals surface area contributed by atoms with Gasteiger partial charge in [0.2, 0.25) is 0 Å². The number of fused-ring (bicyclic) bond motifs is 6. The summed E-state index contributed by atoms with van der Waals surface area (Å²) in [7, 11) is 0. The average molecular weight is 800 g/mol. The lowest BCUT2D eigenvalue weighted by atomic mass is 9.43. The largest absolute Gasteiger partial charge is 0.208 e. The second kappa shape index (κ2) is 13.3. The molecule has 0 radical (unpaired) electrons. The lowest BCUT2D eigenvalue weighted by Gasteiger charge is -2.61. The summed E-state index contributed by atoms with van der Waals surface area (Å²) in [5, 5.41) is 0. The van der Waals surface area contributed by atoms with E-state index in [-0.39, 0.29) is 10.8 Å². The van der Waals surface area contributed by atoms with Crippen LogP contribution in [-0.4, -0.2) is 15.0 Å². The molecule has 14 rings (SSSR count). The van der Waals surface area contributed by atoms with E-state index in [1.54, 1.807) is 11.1 Å². The van der Waals surface area contributed by atoms with Gasteiger partial charge in [0.1, 0.15) is 0 Å². The molecule has 0 atom stereocenters. The van der Waals surface area contributed by atoms with Gasteiger partial charge in [-0.3, -0.25) is 0 Å². The molecular weight excluding hydrogens is 751 g/mol. The van der Waals surface area contributed by atoms with Gasteiger partial charge in [-0.05, 0) is 160 Å². The van der Waals surface area contributed by atoms with Crippen molar-refractivity contribution in [3.8, 4) is 78.7 Å². The van der Waals surface area contributed by atoms with Crippen LogP contribution >= 0.6 is 0 Å². The van der Waals surface area contributed by atoms with Crippen molar-refractivity contribution in [3.63, 3.8) is 0 Å². The maximum absolute atomic E-state index is 5.27. The molecule has 0 saturated heterocycles. The quantitative estimate of drug-likeness (QED) is 0.174. The predicted octanol–water partition coefficient (Wildman–Crippen LogP) is 14.5. The van der Waals surface area contributed by atoms with E-state index in [2.05, 4.69) is 166 Å². The number of benzene rings is 7. The maximum atomic E-state index is 5.27. The van der Waals surface area contributed by atoms with E-state index in [1.807, 2.05) is 12.1 Å². The van der Waals surface area contributed by atoms with Crippen LogP contribution in [0.1, 0.15) is 73.8 Å². The van der Waals surface area contributed by atoms with E-state index >= 15 is 0 Å². The zero-order valence-electron chi connectivity index (χ0n) is 35.7. The second-order valence-electron chi connectivity index (χ2n) is 19.8. The Bertz CT molecular complexity index is 3040. The van der Waals surface area contributed by atoms with Crippen molar-refractivity contribution in [3.05, 3.63) is 186 Å². The molecule has 6 aliphatic rings. The van der Waals surface area contributed by atoms with Gasteiger partial charge in [0.15, 0.2) is 17.5 Å². The van der Waals surface area contributed by atoms with Crippen molar-refractivity contribution in [1.82, 2.24) is 15.0 Å². The van der Waals surface area contributed by atoms with Crippen molar-refractivity contribution < 1.29 is 0 Å². The molecule has 8 aromatic rings. The van der Waals surface area contributed by atoms with E-state index in [9.17, 15) is 0 Å². The van der Waals surface area contributed by atoms with E-state index in [4.69, 9.17) is 15.0 Å². The first-order chi connectivity index (χ1) is 30.3. The molecule has 7 aromatic carbocycles. The van der Waals surface area contributed by atoms with Crippen LogP contribution in [-0.2, 0) is 10.8 Å². The first-order valence-corrected chi connectivity index (χ1v) is 22.8. The molecule has 4 saturated carbocycles. The smallest absolute Gasteiger partial charge is 0.164 e. The monoisotopic (exact) mass is 799 g/mol. The molecule has 6 aliphatic carbocycles. The fourth-order valence-electron chi connectivity index (χ4n) is 13.4. The Balaban J connectivity index is 1.03. The van der Waals surface area contributed by atoms with E-state index in [1.165, 1.54) is 93.3 Å². The van der Waals surface area contributed by atoms with Gasteiger partial charge in [0, 0.05) is 27.5 Å². The second-order valence-corrected chi connectivity index (χ2v) is 19.8. The normalized spacial score (nSPS) is 23.0. The highest BCUT2D eigenvalue weighted by Gasteiger charge is 2.61. The van der Waals surface area contributed by atoms with Gasteiger partial charge in [-0.1, -0.05) is 147 Å². The zero-order chi connectivity index (χ0) is 41.3. The van der Waals surface area contributed by atoms with E-state index in [0.717, 1.165) is 28.5 Å². The molecular formula is C59H49N3. The highest BCUT2D eigenvalue weighted by molar-refractivity contribution is 5.89. The van der Waals surface area contributed by atoms with Crippen LogP contribution in [0.25, 0.3) is 78.7 Å². The van der Waals surface area contributed by atoms with Crippen LogP contribution in [0.3, 0.4) is 0 Å². The minimum absolute atomic E-state index is 0.0895. The topological polar surface area (TPSA) is 38.7 Å². The lowest BCUT2D eigenvalue weighted by Crippen LogP contribution is -2.55. The fourth-order valence-corrected chi connectivity index (χ4v) is 13.4. The number of rotatable bonds is 5. The summed E-state index contributed by atoms with van der Waals surface area (Å²) in [6, 6.07) is 58.6. The summed E-state index contributed by atoms with van der Waals surface area (Å²) >= 11 is 0. The van der Waals surface area contributed by atoms with Crippen LogP contribution in [0.5, 0.6) is 0 Å². The van der Waals surface area contributed by atoms with E-state index < -0.39 is 0 Å². The Morgan fingerprint density at radius 1 is 0.371 bits per heavy atom. The lowest BCUT2D eigenvalue weighted by molar-refractivity contribution is -0.0399. The molecule has 0 unspecified atom stereocenters. The first-order valence-electron chi connectivity index (χ1n) is 22.8. The van der Waals surface area contributed by atoms with Crippen LogP contribution < -0.4 is 0 Å². The minimum atomic E-state index is -0.105. The highest BCUT2D eigenvalue weighted by Crippen LogP contribution is 2.69. The van der Waals surface area contributed by atoms with Crippen molar-refractivity contribution in [2.24, 2.45) is 23.7 Å². The van der Waals surface area contributed by atoms with Gasteiger partial charge in [0.25, 0.3) is 0 Å². The fraction of sp³-hybridized carbons (Fsp3) is 0.237. The van der Waals surface area contributed by atoms with E-state index in [0.29, 0.717) is 29.3 Å². The number of hydrogen-bond acceptors (Lipinski definition) is 3. The first kappa shape index (κ1) is 36.2. The Hall–Kier alpha value is -6.45. The molecule has 0 N–H and O–H groups in total. The Labute approximate surface area is 365 Å². The minimum Gasteiger partial charge on any atom is -0.208 e. The van der Waals surface area contributed by atoms with Crippen LogP contribution in [0.15, 0.2) is 158 Å². The standard InChI is InChI=1S/C59H49N3/c1-35-18-23-52-50(24-35)49-22-20-41(34-54(49)59(52)45-26-36-25-37(28-45)29-46(59)27-36)43-30-42(40-19-21-48-47-16-10-11-17-51(47)58(2,3)53(48)33-40)31-44(32-43)57-61-55(38-12-6-4-7-13-38)60-56(62-57)39-14-8-5-9-15-39/h4-24,30-34,36-37,45-46H,25-29H2,1-3H3. The van der Waals surface area contributed by atoms with Gasteiger partial charge < -0.3 is 0 Å². The highest BCUT2D eigenvalue weighted by atomic mass is 15.0.